The van der Waals surface area contributed by atoms with Crippen molar-refractivity contribution in [3.63, 3.8) is 0 Å². The highest BCUT2D eigenvalue weighted by molar-refractivity contribution is 6.39. The molecule has 2 aromatic heterocycles. The van der Waals surface area contributed by atoms with E-state index in [4.69, 9.17) is 37.0 Å². The zero-order valence-electron chi connectivity index (χ0n) is 32.7. The van der Waals surface area contributed by atoms with Gasteiger partial charge in [-0.3, -0.25) is 19.1 Å². The number of para-hydroxylation sites is 1. The summed E-state index contributed by atoms with van der Waals surface area (Å²) in [4.78, 5) is 49.5. The first-order valence-electron chi connectivity index (χ1n) is 19.8. The number of hydrogen-bond donors (Lipinski definition) is 5. The first kappa shape index (κ1) is 38.6. The van der Waals surface area contributed by atoms with Crippen LogP contribution in [0.5, 0.6) is 0 Å². The largest absolute Gasteiger partial charge is 0.393 e. The van der Waals surface area contributed by atoms with E-state index >= 15 is 0 Å². The van der Waals surface area contributed by atoms with Crippen molar-refractivity contribution in [2.45, 2.75) is 75.0 Å². The van der Waals surface area contributed by atoms with Crippen molar-refractivity contribution in [2.75, 3.05) is 50.6 Å². The lowest BCUT2D eigenvalue weighted by atomic mass is 9.57. The van der Waals surface area contributed by atoms with Crippen LogP contribution < -0.4 is 32.3 Å². The molecule has 2 saturated heterocycles. The Hall–Kier alpha value is -5.28. The molecule has 17 heteroatoms. The number of nitrogens with one attached hydrogen (secondary N) is 3. The molecule has 5 aliphatic rings. The average molecular weight is 770 g/mol. The second kappa shape index (κ2) is 15.2. The minimum atomic E-state index is -1.41. The highest BCUT2D eigenvalue weighted by Crippen LogP contribution is 2.50. The zero-order valence-corrected chi connectivity index (χ0v) is 32.7. The molecule has 3 aliphatic heterocycles. The van der Waals surface area contributed by atoms with E-state index < -0.39 is 11.2 Å². The normalized spacial score (nSPS) is 21.6. The van der Waals surface area contributed by atoms with Gasteiger partial charge >= 0.3 is 0 Å². The second-order valence-electron chi connectivity index (χ2n) is 15.9. The molecular weight excluding hydrogens is 720 g/mol. The predicted octanol–water partition coefficient (Wildman–Crippen LogP) is 1.90. The fraction of sp³-hybridized carbons (Fsp3) is 0.475. The number of carbonyl (C=O) groups is 3. The smallest absolute Gasteiger partial charge is 0.272 e. The summed E-state index contributed by atoms with van der Waals surface area (Å²) in [6.45, 7) is 4.32. The topological polar surface area (TPSA) is 189 Å². The summed E-state index contributed by atoms with van der Waals surface area (Å²) in [7, 11) is 17.2. The van der Waals surface area contributed by atoms with Crippen LogP contribution in [0.2, 0.25) is 0 Å². The molecule has 2 atom stereocenters. The maximum Gasteiger partial charge on any atom is 0.272 e. The maximum atomic E-state index is 13.3. The Morgan fingerprint density at radius 1 is 1.02 bits per heavy atom. The van der Waals surface area contributed by atoms with Gasteiger partial charge in [-0.15, -0.1) is 0 Å². The number of rotatable bonds is 13. The van der Waals surface area contributed by atoms with Crippen LogP contribution in [0.3, 0.4) is 0 Å². The summed E-state index contributed by atoms with van der Waals surface area (Å²) in [6, 6.07) is 11.2. The van der Waals surface area contributed by atoms with Crippen LogP contribution in [-0.2, 0) is 19.7 Å². The molecule has 57 heavy (non-hydrogen) atoms. The number of carbonyl (C=O) groups excluding carboxylic acids is 3. The molecular formula is C40H49B2N11O4. The van der Waals surface area contributed by atoms with Crippen molar-refractivity contribution >= 4 is 44.8 Å². The fourth-order valence-electron chi connectivity index (χ4n) is 8.09. The predicted molar refractivity (Wildman–Crippen MR) is 218 cm³/mol. The number of hydrogen-bond acceptors (Lipinski definition) is 11. The Morgan fingerprint density at radius 2 is 1.77 bits per heavy atom. The molecule has 294 valence electrons. The number of benzene rings is 1. The van der Waals surface area contributed by atoms with Crippen molar-refractivity contribution in [3.05, 3.63) is 83.0 Å². The Bertz CT molecular complexity index is 2140. The lowest BCUT2D eigenvalue weighted by Gasteiger charge is -2.50. The molecule has 2 unspecified atom stereocenters. The highest BCUT2D eigenvalue weighted by atomic mass is 16.5. The molecule has 1 aromatic carbocycles. The van der Waals surface area contributed by atoms with Gasteiger partial charge in [0.05, 0.1) is 62.8 Å². The Labute approximate surface area is 335 Å². The first-order chi connectivity index (χ1) is 27.4. The minimum absolute atomic E-state index is 0.01000. The first-order valence-corrected chi connectivity index (χ1v) is 19.8. The van der Waals surface area contributed by atoms with Crippen molar-refractivity contribution in [1.29, 1.82) is 0 Å². The van der Waals surface area contributed by atoms with E-state index in [-0.39, 0.29) is 59.2 Å². The van der Waals surface area contributed by atoms with Crippen LogP contribution in [-0.4, -0.2) is 110 Å². The molecule has 4 fully saturated rings. The van der Waals surface area contributed by atoms with Crippen LogP contribution >= 0.6 is 0 Å². The molecule has 4 radical (unpaired) electrons. The molecule has 3 aromatic rings. The van der Waals surface area contributed by atoms with Crippen molar-refractivity contribution < 1.29 is 19.1 Å². The molecule has 0 bridgehead atoms. The van der Waals surface area contributed by atoms with Crippen LogP contribution in [0, 0.1) is 5.92 Å². The van der Waals surface area contributed by atoms with Gasteiger partial charge in [0.25, 0.3) is 11.8 Å². The molecule has 2 aliphatic carbocycles. The maximum absolute atomic E-state index is 13.3. The number of aromatic nitrogens is 3. The lowest BCUT2D eigenvalue weighted by Crippen LogP contribution is -2.60. The van der Waals surface area contributed by atoms with E-state index in [2.05, 4.69) is 43.5 Å². The number of anilines is 2. The third kappa shape index (κ3) is 7.50. The van der Waals surface area contributed by atoms with Gasteiger partial charge in [-0.1, -0.05) is 25.1 Å². The Balaban J connectivity index is 1.04. The minimum Gasteiger partial charge on any atom is -0.393 e. The van der Waals surface area contributed by atoms with Gasteiger partial charge in [-0.25, -0.2) is 4.98 Å². The third-order valence-corrected chi connectivity index (χ3v) is 11.8. The quantitative estimate of drug-likeness (QED) is 0.0971. The number of nitrogens with zero attached hydrogens (tertiary/aromatic N) is 6. The number of likely N-dealkylation sites (tertiary alicyclic amines) is 2. The number of amides is 3. The number of ether oxygens (including phenoxy) is 1. The number of allylic oxidation sites excluding steroid dienone is 1. The van der Waals surface area contributed by atoms with E-state index in [0.717, 1.165) is 61.0 Å². The van der Waals surface area contributed by atoms with E-state index in [1.54, 1.807) is 30.2 Å². The van der Waals surface area contributed by atoms with Gasteiger partial charge < -0.3 is 46.9 Å². The fourth-order valence-corrected chi connectivity index (χ4v) is 8.09. The molecule has 7 N–H and O–H groups in total. The standard InChI is InChI=1S/C40H49B2N11O4/c1-4-31-36-27(18-45-53(36)24-19-52(20-24)40(41,42)32-10-6-9-29(48-32)39(56)51-16-15-25(21-51)57-3)26-7-5-8-28(35(26)50(31)2)47-30(34(44)38(55)46-23-13-14-23)17-33(43)49-37(54)22-11-12-22/h5-10,17-18,22-25,31,47H,4,11-16,19-21,43-44H2,1-3H3,(H,46,55)(H,49,54)/b33-17+,34-30+. The summed E-state index contributed by atoms with van der Waals surface area (Å²) >= 11 is 0. The van der Waals surface area contributed by atoms with E-state index in [9.17, 15) is 14.4 Å². The van der Waals surface area contributed by atoms with Gasteiger partial charge in [0.1, 0.15) is 17.2 Å². The van der Waals surface area contributed by atoms with E-state index in [1.165, 1.54) is 6.08 Å². The van der Waals surface area contributed by atoms with Gasteiger partial charge in [0, 0.05) is 75.2 Å². The van der Waals surface area contributed by atoms with Gasteiger partial charge in [0.2, 0.25) is 5.91 Å². The number of methoxy groups -OCH3 is 1. The molecule has 8 rings (SSSR count). The number of nitrogens with two attached hydrogens (primary N) is 2. The van der Waals surface area contributed by atoms with Crippen molar-refractivity contribution in [1.82, 2.24) is 35.2 Å². The molecule has 0 spiro atoms. The van der Waals surface area contributed by atoms with Crippen LogP contribution in [0.25, 0.3) is 11.1 Å². The third-order valence-electron chi connectivity index (χ3n) is 11.8. The van der Waals surface area contributed by atoms with Crippen LogP contribution in [0.15, 0.2) is 65.9 Å². The van der Waals surface area contributed by atoms with E-state index in [0.29, 0.717) is 43.3 Å². The molecule has 5 heterocycles. The summed E-state index contributed by atoms with van der Waals surface area (Å²) in [6.07, 6.45) is 8.46. The summed E-state index contributed by atoms with van der Waals surface area (Å²) < 4.78 is 7.52. The van der Waals surface area contributed by atoms with Crippen LogP contribution in [0.4, 0.5) is 11.4 Å². The SMILES string of the molecule is [B]C([B])(c1cccc(C(=O)N2CCC(OC)C2)n1)N1CC(n2ncc3c2C(CC)N(C)c2c(NC(/C=C(\N)NC(=O)C4CC4)=C(/N)C(=O)NC4CC4)cccc2-3)C1. The van der Waals surface area contributed by atoms with Gasteiger partial charge in [-0.2, -0.15) is 5.10 Å². The molecule has 2 saturated carbocycles. The van der Waals surface area contributed by atoms with Gasteiger partial charge in [-0.05, 0) is 62.1 Å². The van der Waals surface area contributed by atoms with Gasteiger partial charge in [0.15, 0.2) is 0 Å². The molecule has 15 nitrogen and oxygen atoms in total. The Kier molecular flexibility index (Phi) is 10.3. The lowest BCUT2D eigenvalue weighted by molar-refractivity contribution is -0.121. The highest BCUT2D eigenvalue weighted by Gasteiger charge is 2.43. The zero-order chi connectivity index (χ0) is 40.2. The van der Waals surface area contributed by atoms with Crippen LogP contribution in [0.1, 0.15) is 79.4 Å². The number of fused-ring (bicyclic) bond motifs is 3. The monoisotopic (exact) mass is 769 g/mol. The average Bonchev–Trinajstić information content (AvgIpc) is 4.11. The summed E-state index contributed by atoms with van der Waals surface area (Å²) in [5.41, 5.74) is 18.4. The van der Waals surface area contributed by atoms with Crippen molar-refractivity contribution in [2.24, 2.45) is 17.4 Å². The Morgan fingerprint density at radius 3 is 2.46 bits per heavy atom. The van der Waals surface area contributed by atoms with Crippen molar-refractivity contribution in [3.8, 4) is 11.1 Å². The second-order valence-corrected chi connectivity index (χ2v) is 15.9. The summed E-state index contributed by atoms with van der Waals surface area (Å²) in [5, 5.41) is 12.6. The molecule has 3 amide bonds. The summed E-state index contributed by atoms with van der Waals surface area (Å²) in [5.74, 6) is -0.670. The number of pyridine rings is 1. The van der Waals surface area contributed by atoms with E-state index in [1.807, 2.05) is 30.3 Å².